The van der Waals surface area contributed by atoms with Crippen molar-refractivity contribution in [2.75, 3.05) is 7.05 Å². The third kappa shape index (κ3) is 2.97. The summed E-state index contributed by atoms with van der Waals surface area (Å²) < 4.78 is 0. The zero-order valence-electron chi connectivity index (χ0n) is 12.5. The van der Waals surface area contributed by atoms with Crippen LogP contribution in [0.3, 0.4) is 0 Å². The maximum Gasteiger partial charge on any atom is 0.311 e. The average molecular weight is 283 g/mol. The number of amides is 2. The second kappa shape index (κ2) is 5.22. The molecule has 1 rings (SSSR count). The summed E-state index contributed by atoms with van der Waals surface area (Å²) in [5.41, 5.74) is -1.86. The van der Waals surface area contributed by atoms with Gasteiger partial charge in [-0.25, -0.2) is 5.01 Å². The van der Waals surface area contributed by atoms with E-state index in [1.807, 2.05) is 0 Å². The van der Waals surface area contributed by atoms with Gasteiger partial charge in [0.1, 0.15) is 5.71 Å². The Hall–Kier alpha value is -1.92. The smallest absolute Gasteiger partial charge is 0.311 e. The number of carbonyl (C=O) groups is 3. The molecule has 7 nitrogen and oxygen atoms in total. The van der Waals surface area contributed by atoms with Gasteiger partial charge in [0.2, 0.25) is 5.91 Å². The van der Waals surface area contributed by atoms with Crippen molar-refractivity contribution >= 4 is 23.5 Å². The van der Waals surface area contributed by atoms with Crippen molar-refractivity contribution in [2.45, 2.75) is 46.1 Å². The van der Waals surface area contributed by atoms with E-state index in [9.17, 15) is 19.5 Å². The highest BCUT2D eigenvalue weighted by molar-refractivity contribution is 6.39. The molecule has 20 heavy (non-hydrogen) atoms. The fraction of sp³-hybridized carbons (Fsp3) is 0.692. The molecule has 0 aromatic rings. The Morgan fingerprint density at radius 2 is 1.80 bits per heavy atom. The van der Waals surface area contributed by atoms with E-state index in [0.29, 0.717) is 0 Å². The van der Waals surface area contributed by atoms with Gasteiger partial charge in [0.15, 0.2) is 0 Å². The van der Waals surface area contributed by atoms with Gasteiger partial charge < -0.3 is 10.4 Å². The topological polar surface area (TPSA) is 99.1 Å². The van der Waals surface area contributed by atoms with Crippen molar-refractivity contribution in [1.29, 1.82) is 0 Å². The summed E-state index contributed by atoms with van der Waals surface area (Å²) in [5.74, 6) is -1.59. The van der Waals surface area contributed by atoms with Crippen LogP contribution in [-0.4, -0.2) is 46.2 Å². The van der Waals surface area contributed by atoms with Crippen molar-refractivity contribution in [2.24, 2.45) is 10.5 Å². The van der Waals surface area contributed by atoms with Crippen LogP contribution < -0.4 is 5.32 Å². The van der Waals surface area contributed by atoms with Gasteiger partial charge in [-0.3, -0.25) is 14.4 Å². The summed E-state index contributed by atoms with van der Waals surface area (Å²) in [6.45, 7) is 6.40. The molecule has 2 N–H and O–H groups in total. The number of nitrogens with zero attached hydrogens (tertiary/aromatic N) is 2. The molecular weight excluding hydrogens is 262 g/mol. The Bertz CT molecular complexity index is 480. The lowest BCUT2D eigenvalue weighted by Gasteiger charge is -2.39. The van der Waals surface area contributed by atoms with E-state index in [0.717, 1.165) is 5.01 Å². The first-order chi connectivity index (χ1) is 8.99. The van der Waals surface area contributed by atoms with Gasteiger partial charge in [0.05, 0.1) is 11.0 Å². The standard InChI is InChI=1S/C13H21N3O4/c1-12(2,11(19)20)13(3,4)14-10(18)8-6-7-9(17)16(5)15-8/h6-7H2,1-5H3,(H,14,18)(H,19,20). The van der Waals surface area contributed by atoms with E-state index in [1.54, 1.807) is 27.7 Å². The van der Waals surface area contributed by atoms with Crippen LogP contribution in [-0.2, 0) is 14.4 Å². The van der Waals surface area contributed by atoms with E-state index in [-0.39, 0.29) is 24.5 Å². The van der Waals surface area contributed by atoms with Crippen LogP contribution in [0.5, 0.6) is 0 Å². The normalized spacial score (nSPS) is 16.8. The Morgan fingerprint density at radius 3 is 2.25 bits per heavy atom. The molecule has 0 unspecified atom stereocenters. The van der Waals surface area contributed by atoms with Crippen LogP contribution in [0.1, 0.15) is 40.5 Å². The SMILES string of the molecule is CN1N=C(C(=O)NC(C)(C)C(C)(C)C(=O)O)CCC1=O. The Labute approximate surface area is 118 Å². The lowest BCUT2D eigenvalue weighted by atomic mass is 9.74. The van der Waals surface area contributed by atoms with Crippen molar-refractivity contribution in [3.63, 3.8) is 0 Å². The molecule has 0 aromatic carbocycles. The lowest BCUT2D eigenvalue weighted by molar-refractivity contribution is -0.151. The van der Waals surface area contributed by atoms with Crippen molar-refractivity contribution in [3.05, 3.63) is 0 Å². The van der Waals surface area contributed by atoms with Gasteiger partial charge in [-0.05, 0) is 27.7 Å². The number of hydrogen-bond acceptors (Lipinski definition) is 4. The predicted octanol–water partition coefficient (Wildman–Crippen LogP) is 0.600. The highest BCUT2D eigenvalue weighted by Gasteiger charge is 2.45. The highest BCUT2D eigenvalue weighted by atomic mass is 16.4. The molecule has 0 aromatic heterocycles. The molecule has 2 amide bonds. The maximum atomic E-state index is 12.2. The molecule has 0 spiro atoms. The summed E-state index contributed by atoms with van der Waals surface area (Å²) in [5, 5.41) is 17.0. The van der Waals surface area contributed by atoms with Crippen LogP contribution in [0.2, 0.25) is 0 Å². The number of hydrazone groups is 1. The van der Waals surface area contributed by atoms with E-state index in [4.69, 9.17) is 0 Å². The summed E-state index contributed by atoms with van der Waals surface area (Å²) in [7, 11) is 1.49. The van der Waals surface area contributed by atoms with Gasteiger partial charge in [-0.1, -0.05) is 0 Å². The molecule has 7 heteroatoms. The fourth-order valence-corrected chi connectivity index (χ4v) is 1.61. The minimum Gasteiger partial charge on any atom is -0.481 e. The molecule has 0 saturated heterocycles. The Kier molecular flexibility index (Phi) is 4.21. The van der Waals surface area contributed by atoms with E-state index in [2.05, 4.69) is 10.4 Å². The minimum absolute atomic E-state index is 0.147. The van der Waals surface area contributed by atoms with Gasteiger partial charge >= 0.3 is 5.97 Å². The molecule has 0 fully saturated rings. The Balaban J connectivity index is 2.88. The van der Waals surface area contributed by atoms with Gasteiger partial charge in [0.25, 0.3) is 5.91 Å². The van der Waals surface area contributed by atoms with Crippen LogP contribution >= 0.6 is 0 Å². The van der Waals surface area contributed by atoms with Gasteiger partial charge in [-0.15, -0.1) is 0 Å². The second-order valence-corrected chi connectivity index (χ2v) is 5.97. The minimum atomic E-state index is -1.14. The first-order valence-electron chi connectivity index (χ1n) is 6.39. The van der Waals surface area contributed by atoms with Gasteiger partial charge in [0, 0.05) is 19.9 Å². The molecule has 0 radical (unpaired) electrons. The third-order valence-electron chi connectivity index (χ3n) is 3.99. The molecule has 1 aliphatic rings. The zero-order valence-corrected chi connectivity index (χ0v) is 12.5. The predicted molar refractivity (Wildman–Crippen MR) is 73.1 cm³/mol. The van der Waals surface area contributed by atoms with E-state index in [1.165, 1.54) is 7.05 Å². The van der Waals surface area contributed by atoms with Crippen molar-refractivity contribution in [3.8, 4) is 0 Å². The number of hydrogen-bond donors (Lipinski definition) is 2. The maximum absolute atomic E-state index is 12.2. The number of aliphatic carboxylic acids is 1. The fourth-order valence-electron chi connectivity index (χ4n) is 1.61. The largest absolute Gasteiger partial charge is 0.481 e. The molecule has 112 valence electrons. The molecule has 1 aliphatic heterocycles. The zero-order chi connectivity index (χ0) is 15.7. The average Bonchev–Trinajstić information content (AvgIpc) is 2.31. The monoisotopic (exact) mass is 283 g/mol. The summed E-state index contributed by atoms with van der Waals surface area (Å²) in [6.07, 6.45) is 0.490. The van der Waals surface area contributed by atoms with Crippen LogP contribution in [0.15, 0.2) is 5.10 Å². The van der Waals surface area contributed by atoms with E-state index < -0.39 is 22.8 Å². The highest BCUT2D eigenvalue weighted by Crippen LogP contribution is 2.30. The lowest BCUT2D eigenvalue weighted by Crippen LogP contribution is -2.58. The number of nitrogens with one attached hydrogen (secondary N) is 1. The quantitative estimate of drug-likeness (QED) is 0.789. The molecular formula is C13H21N3O4. The number of rotatable bonds is 4. The molecule has 0 bridgehead atoms. The molecule has 1 heterocycles. The first-order valence-corrected chi connectivity index (χ1v) is 6.39. The molecule has 0 saturated carbocycles. The summed E-state index contributed by atoms with van der Waals surface area (Å²) in [6, 6.07) is 0. The van der Waals surface area contributed by atoms with Crippen LogP contribution in [0.4, 0.5) is 0 Å². The van der Waals surface area contributed by atoms with Crippen molar-refractivity contribution in [1.82, 2.24) is 10.3 Å². The van der Waals surface area contributed by atoms with Crippen LogP contribution in [0.25, 0.3) is 0 Å². The number of carboxylic acids is 1. The number of carboxylic acid groups (broad SMARTS) is 1. The van der Waals surface area contributed by atoms with Crippen molar-refractivity contribution < 1.29 is 19.5 Å². The molecule has 0 aliphatic carbocycles. The number of carbonyl (C=O) groups excluding carboxylic acids is 2. The molecule has 0 atom stereocenters. The summed E-state index contributed by atoms with van der Waals surface area (Å²) >= 11 is 0. The van der Waals surface area contributed by atoms with Crippen LogP contribution in [0, 0.1) is 5.41 Å². The van der Waals surface area contributed by atoms with E-state index >= 15 is 0 Å². The Morgan fingerprint density at radius 1 is 1.25 bits per heavy atom. The third-order valence-corrected chi connectivity index (χ3v) is 3.99. The van der Waals surface area contributed by atoms with Gasteiger partial charge in [-0.2, -0.15) is 5.10 Å². The summed E-state index contributed by atoms with van der Waals surface area (Å²) in [4.78, 5) is 34.8. The first kappa shape index (κ1) is 16.1. The second-order valence-electron chi connectivity index (χ2n) is 5.97.